The van der Waals surface area contributed by atoms with Crippen LogP contribution in [0.2, 0.25) is 0 Å². The van der Waals surface area contributed by atoms with Crippen LogP contribution in [0.1, 0.15) is 22.5 Å². The van der Waals surface area contributed by atoms with E-state index in [1.54, 1.807) is 4.90 Å². The standard InChI is InChI=1S/C16H19N3O2/c1-11-3-5-12(6-4-11)15-14(18-10-21-15)16(20)19(2)13-7-8-17-9-13/h3-6,10,13,17H,7-9H2,1-2H3/t13-/m1/s1. The van der Waals surface area contributed by atoms with Gasteiger partial charge in [0.25, 0.3) is 5.91 Å². The molecule has 0 saturated carbocycles. The molecule has 0 aliphatic carbocycles. The second-order valence-electron chi connectivity index (χ2n) is 5.46. The summed E-state index contributed by atoms with van der Waals surface area (Å²) < 4.78 is 5.45. The van der Waals surface area contributed by atoms with Gasteiger partial charge >= 0.3 is 0 Å². The summed E-state index contributed by atoms with van der Waals surface area (Å²) in [5, 5.41) is 3.27. The lowest BCUT2D eigenvalue weighted by Crippen LogP contribution is -2.38. The van der Waals surface area contributed by atoms with Gasteiger partial charge in [0.1, 0.15) is 0 Å². The van der Waals surface area contributed by atoms with Crippen molar-refractivity contribution in [1.29, 1.82) is 0 Å². The second kappa shape index (κ2) is 5.69. The number of aromatic nitrogens is 1. The highest BCUT2D eigenvalue weighted by atomic mass is 16.3. The number of hydrogen-bond acceptors (Lipinski definition) is 4. The molecule has 1 aromatic heterocycles. The maximum Gasteiger partial charge on any atom is 0.276 e. The topological polar surface area (TPSA) is 58.4 Å². The molecule has 0 unspecified atom stereocenters. The molecule has 1 saturated heterocycles. The van der Waals surface area contributed by atoms with Crippen LogP contribution in [0.25, 0.3) is 11.3 Å². The van der Waals surface area contributed by atoms with Crippen molar-refractivity contribution in [2.75, 3.05) is 20.1 Å². The first kappa shape index (κ1) is 13.8. The largest absolute Gasteiger partial charge is 0.443 e. The first-order valence-corrected chi connectivity index (χ1v) is 7.15. The van der Waals surface area contributed by atoms with Crippen molar-refractivity contribution in [2.24, 2.45) is 0 Å². The highest BCUT2D eigenvalue weighted by Crippen LogP contribution is 2.25. The summed E-state index contributed by atoms with van der Waals surface area (Å²) in [4.78, 5) is 18.5. The number of nitrogens with one attached hydrogen (secondary N) is 1. The summed E-state index contributed by atoms with van der Waals surface area (Å²) >= 11 is 0. The monoisotopic (exact) mass is 285 g/mol. The van der Waals surface area contributed by atoms with E-state index in [9.17, 15) is 4.79 Å². The maximum absolute atomic E-state index is 12.6. The SMILES string of the molecule is Cc1ccc(-c2ocnc2C(=O)N(C)[C@@H]2CCNC2)cc1. The number of oxazole rings is 1. The fourth-order valence-corrected chi connectivity index (χ4v) is 2.61. The highest BCUT2D eigenvalue weighted by Gasteiger charge is 2.28. The van der Waals surface area contributed by atoms with Crippen LogP contribution in [0.15, 0.2) is 35.1 Å². The summed E-state index contributed by atoms with van der Waals surface area (Å²) in [6.45, 7) is 3.81. The maximum atomic E-state index is 12.6. The van der Waals surface area contributed by atoms with Gasteiger partial charge in [-0.15, -0.1) is 0 Å². The molecule has 0 spiro atoms. The highest BCUT2D eigenvalue weighted by molar-refractivity contribution is 5.97. The van der Waals surface area contributed by atoms with Crippen molar-refractivity contribution in [3.63, 3.8) is 0 Å². The van der Waals surface area contributed by atoms with Crippen molar-refractivity contribution in [3.05, 3.63) is 41.9 Å². The molecule has 1 fully saturated rings. The van der Waals surface area contributed by atoms with Gasteiger partial charge in [-0.25, -0.2) is 4.98 Å². The number of amides is 1. The number of carbonyl (C=O) groups is 1. The number of carbonyl (C=O) groups excluding carboxylic acids is 1. The van der Waals surface area contributed by atoms with E-state index >= 15 is 0 Å². The predicted molar refractivity (Wildman–Crippen MR) is 80.0 cm³/mol. The van der Waals surface area contributed by atoms with E-state index in [-0.39, 0.29) is 11.9 Å². The molecule has 5 nitrogen and oxygen atoms in total. The molecule has 5 heteroatoms. The van der Waals surface area contributed by atoms with Crippen LogP contribution in [0.4, 0.5) is 0 Å². The van der Waals surface area contributed by atoms with Crippen LogP contribution in [-0.4, -0.2) is 42.0 Å². The van der Waals surface area contributed by atoms with Crippen LogP contribution in [-0.2, 0) is 0 Å². The van der Waals surface area contributed by atoms with Crippen LogP contribution in [0, 0.1) is 6.92 Å². The number of hydrogen-bond donors (Lipinski definition) is 1. The van der Waals surface area contributed by atoms with Gasteiger partial charge in [0.05, 0.1) is 0 Å². The van der Waals surface area contributed by atoms with Crippen molar-refractivity contribution in [3.8, 4) is 11.3 Å². The van der Waals surface area contributed by atoms with Crippen molar-refractivity contribution >= 4 is 5.91 Å². The summed E-state index contributed by atoms with van der Waals surface area (Å²) in [7, 11) is 1.83. The third-order valence-corrected chi connectivity index (χ3v) is 3.99. The normalized spacial score (nSPS) is 17.9. The van der Waals surface area contributed by atoms with Crippen LogP contribution in [0.3, 0.4) is 0 Å². The third-order valence-electron chi connectivity index (χ3n) is 3.99. The second-order valence-corrected chi connectivity index (χ2v) is 5.46. The minimum atomic E-state index is -0.0898. The van der Waals surface area contributed by atoms with E-state index in [1.165, 1.54) is 12.0 Å². The fourth-order valence-electron chi connectivity index (χ4n) is 2.61. The lowest BCUT2D eigenvalue weighted by molar-refractivity contribution is 0.0739. The summed E-state index contributed by atoms with van der Waals surface area (Å²) in [6.07, 6.45) is 2.31. The quantitative estimate of drug-likeness (QED) is 0.938. The fraction of sp³-hybridized carbons (Fsp3) is 0.375. The van der Waals surface area contributed by atoms with E-state index in [2.05, 4.69) is 10.3 Å². The van der Waals surface area contributed by atoms with Gasteiger partial charge < -0.3 is 14.6 Å². The third kappa shape index (κ3) is 2.69. The van der Waals surface area contributed by atoms with E-state index in [1.807, 2.05) is 38.2 Å². The van der Waals surface area contributed by atoms with E-state index < -0.39 is 0 Å². The predicted octanol–water partition coefficient (Wildman–Crippen LogP) is 2.08. The van der Waals surface area contributed by atoms with Crippen molar-refractivity contribution in [2.45, 2.75) is 19.4 Å². The Morgan fingerprint density at radius 2 is 2.14 bits per heavy atom. The molecule has 0 radical (unpaired) electrons. The zero-order chi connectivity index (χ0) is 14.8. The molecule has 3 rings (SSSR count). The average molecular weight is 285 g/mol. The molecule has 110 valence electrons. The van der Waals surface area contributed by atoms with E-state index in [4.69, 9.17) is 4.42 Å². The molecular weight excluding hydrogens is 266 g/mol. The molecule has 1 amide bonds. The Labute approximate surface area is 124 Å². The van der Waals surface area contributed by atoms with Gasteiger partial charge in [-0.3, -0.25) is 4.79 Å². The molecule has 2 heterocycles. The lowest BCUT2D eigenvalue weighted by atomic mass is 10.1. The van der Waals surface area contributed by atoms with Gasteiger partial charge in [-0.05, 0) is 19.9 Å². The zero-order valence-electron chi connectivity index (χ0n) is 12.3. The first-order valence-electron chi connectivity index (χ1n) is 7.15. The lowest BCUT2D eigenvalue weighted by Gasteiger charge is -2.23. The number of likely N-dealkylation sites (N-methyl/N-ethyl adjacent to an activating group) is 1. The smallest absolute Gasteiger partial charge is 0.276 e. The molecule has 1 atom stereocenters. The Morgan fingerprint density at radius 3 is 2.81 bits per heavy atom. The number of nitrogens with zero attached hydrogens (tertiary/aromatic N) is 2. The minimum Gasteiger partial charge on any atom is -0.443 e. The number of rotatable bonds is 3. The summed E-state index contributed by atoms with van der Waals surface area (Å²) in [5.41, 5.74) is 2.42. The van der Waals surface area contributed by atoms with E-state index in [0.717, 1.165) is 25.1 Å². The molecule has 1 aliphatic rings. The Kier molecular flexibility index (Phi) is 3.75. The summed E-state index contributed by atoms with van der Waals surface area (Å²) in [5.74, 6) is 0.450. The molecule has 0 bridgehead atoms. The van der Waals surface area contributed by atoms with Crippen molar-refractivity contribution < 1.29 is 9.21 Å². The zero-order valence-corrected chi connectivity index (χ0v) is 12.3. The Bertz CT molecular complexity index is 627. The number of aryl methyl sites for hydroxylation is 1. The Hall–Kier alpha value is -2.14. The summed E-state index contributed by atoms with van der Waals surface area (Å²) in [6, 6.07) is 8.11. The van der Waals surface area contributed by atoms with Gasteiger partial charge in [-0.2, -0.15) is 0 Å². The minimum absolute atomic E-state index is 0.0898. The van der Waals surface area contributed by atoms with E-state index in [0.29, 0.717) is 11.5 Å². The van der Waals surface area contributed by atoms with Gasteiger partial charge in [-0.1, -0.05) is 29.8 Å². The Balaban J connectivity index is 1.87. The van der Waals surface area contributed by atoms with Crippen LogP contribution < -0.4 is 5.32 Å². The van der Waals surface area contributed by atoms with Gasteiger partial charge in [0.2, 0.25) is 0 Å². The molecule has 21 heavy (non-hydrogen) atoms. The van der Waals surface area contributed by atoms with Gasteiger partial charge in [0.15, 0.2) is 17.8 Å². The van der Waals surface area contributed by atoms with Crippen LogP contribution in [0.5, 0.6) is 0 Å². The first-order chi connectivity index (χ1) is 10.2. The van der Waals surface area contributed by atoms with Gasteiger partial charge in [0, 0.05) is 25.2 Å². The Morgan fingerprint density at radius 1 is 1.38 bits per heavy atom. The van der Waals surface area contributed by atoms with Crippen LogP contribution >= 0.6 is 0 Å². The number of benzene rings is 1. The van der Waals surface area contributed by atoms with Crippen molar-refractivity contribution in [1.82, 2.24) is 15.2 Å². The molecule has 1 aliphatic heterocycles. The molecule has 2 aromatic rings. The molecule has 1 aromatic carbocycles. The average Bonchev–Trinajstić information content (AvgIpc) is 3.17. The molecule has 1 N–H and O–H groups in total. The molecular formula is C16H19N3O2.